The zero-order valence-corrected chi connectivity index (χ0v) is 9.75. The number of hydrogen-bond donors (Lipinski definition) is 1. The molecule has 0 amide bonds. The minimum absolute atomic E-state index is 0.162. The van der Waals surface area contributed by atoms with E-state index in [1.165, 1.54) is 0 Å². The Morgan fingerprint density at radius 1 is 1.40 bits per heavy atom. The van der Waals surface area contributed by atoms with E-state index in [1.54, 1.807) is 21.0 Å². The normalized spacial score (nSPS) is 14.7. The molecule has 0 spiro atoms. The Kier molecular flexibility index (Phi) is 7.29. The molecule has 1 atom stereocenters. The molecular formula is C10H21NO4. The van der Waals surface area contributed by atoms with Crippen LogP contribution in [0.15, 0.2) is 0 Å². The maximum Gasteiger partial charge on any atom is 0.328 e. The standard InChI is InChI=1S/C10H21NO4/c1-4-15-9(12)10(2,11)8-14-7-5-6-13-3/h4-8,11H2,1-3H3. The molecule has 5 heteroatoms. The molecular weight excluding hydrogens is 198 g/mol. The zero-order valence-electron chi connectivity index (χ0n) is 9.75. The largest absolute Gasteiger partial charge is 0.465 e. The molecule has 5 nitrogen and oxygen atoms in total. The van der Waals surface area contributed by atoms with E-state index in [-0.39, 0.29) is 6.61 Å². The molecule has 0 saturated carbocycles. The van der Waals surface area contributed by atoms with Gasteiger partial charge in [0.15, 0.2) is 0 Å². The summed E-state index contributed by atoms with van der Waals surface area (Å²) in [7, 11) is 1.63. The summed E-state index contributed by atoms with van der Waals surface area (Å²) < 4.78 is 14.9. The van der Waals surface area contributed by atoms with Crippen molar-refractivity contribution in [3.63, 3.8) is 0 Å². The number of carbonyl (C=O) groups is 1. The Morgan fingerprint density at radius 3 is 2.60 bits per heavy atom. The van der Waals surface area contributed by atoms with Gasteiger partial charge >= 0.3 is 5.97 Å². The van der Waals surface area contributed by atoms with Gasteiger partial charge in [0.25, 0.3) is 0 Å². The van der Waals surface area contributed by atoms with Crippen LogP contribution >= 0.6 is 0 Å². The lowest BCUT2D eigenvalue weighted by atomic mass is 10.1. The van der Waals surface area contributed by atoms with E-state index < -0.39 is 11.5 Å². The van der Waals surface area contributed by atoms with Crippen molar-refractivity contribution < 1.29 is 19.0 Å². The van der Waals surface area contributed by atoms with Gasteiger partial charge in [0.1, 0.15) is 5.54 Å². The number of carbonyl (C=O) groups excluding carboxylic acids is 1. The maximum atomic E-state index is 11.3. The first-order chi connectivity index (χ1) is 7.04. The van der Waals surface area contributed by atoms with Gasteiger partial charge in [0, 0.05) is 20.3 Å². The van der Waals surface area contributed by atoms with Gasteiger partial charge in [-0.15, -0.1) is 0 Å². The summed E-state index contributed by atoms with van der Waals surface area (Å²) in [6.07, 6.45) is 0.787. The molecule has 0 radical (unpaired) electrons. The van der Waals surface area contributed by atoms with Crippen LogP contribution in [0.3, 0.4) is 0 Å². The van der Waals surface area contributed by atoms with Crippen LogP contribution in [0.4, 0.5) is 0 Å². The van der Waals surface area contributed by atoms with Crippen LogP contribution in [-0.2, 0) is 19.0 Å². The molecule has 0 fully saturated rings. The fraction of sp³-hybridized carbons (Fsp3) is 0.900. The molecule has 90 valence electrons. The van der Waals surface area contributed by atoms with Gasteiger partial charge in [0.2, 0.25) is 0 Å². The monoisotopic (exact) mass is 219 g/mol. The SMILES string of the molecule is CCOC(=O)C(C)(N)COCCCOC. The second-order valence-electron chi connectivity index (χ2n) is 3.54. The zero-order chi connectivity index (χ0) is 11.7. The Bertz CT molecular complexity index is 182. The van der Waals surface area contributed by atoms with Crippen LogP contribution in [0, 0.1) is 0 Å². The van der Waals surface area contributed by atoms with Gasteiger partial charge in [-0.3, -0.25) is 0 Å². The summed E-state index contributed by atoms with van der Waals surface area (Å²) in [5.74, 6) is -0.434. The molecule has 0 heterocycles. The van der Waals surface area contributed by atoms with E-state index in [2.05, 4.69) is 0 Å². The lowest BCUT2D eigenvalue weighted by Gasteiger charge is -2.21. The van der Waals surface area contributed by atoms with Crippen molar-refractivity contribution in [3.8, 4) is 0 Å². The number of esters is 1. The van der Waals surface area contributed by atoms with Crippen molar-refractivity contribution in [1.29, 1.82) is 0 Å². The van der Waals surface area contributed by atoms with Crippen LogP contribution in [0.1, 0.15) is 20.3 Å². The summed E-state index contributed by atoms with van der Waals surface area (Å²) in [5, 5.41) is 0. The van der Waals surface area contributed by atoms with Crippen LogP contribution in [-0.4, -0.2) is 45.0 Å². The third-order valence-electron chi connectivity index (χ3n) is 1.78. The van der Waals surface area contributed by atoms with Crippen molar-refractivity contribution in [3.05, 3.63) is 0 Å². The molecule has 0 bridgehead atoms. The fourth-order valence-electron chi connectivity index (χ4n) is 0.944. The number of rotatable bonds is 8. The average molecular weight is 219 g/mol. The first kappa shape index (κ1) is 14.3. The molecule has 0 aromatic rings. The Morgan fingerprint density at radius 2 is 2.07 bits per heavy atom. The molecule has 0 aromatic heterocycles. The lowest BCUT2D eigenvalue weighted by molar-refractivity contribution is -0.151. The highest BCUT2D eigenvalue weighted by Gasteiger charge is 2.30. The van der Waals surface area contributed by atoms with Crippen LogP contribution in [0.25, 0.3) is 0 Å². The third kappa shape index (κ3) is 6.43. The van der Waals surface area contributed by atoms with Crippen molar-refractivity contribution in [2.45, 2.75) is 25.8 Å². The molecule has 0 aliphatic heterocycles. The van der Waals surface area contributed by atoms with Crippen LogP contribution in [0.2, 0.25) is 0 Å². The average Bonchev–Trinajstić information content (AvgIpc) is 2.18. The number of methoxy groups -OCH3 is 1. The fourth-order valence-corrected chi connectivity index (χ4v) is 0.944. The number of ether oxygens (including phenoxy) is 3. The summed E-state index contributed by atoms with van der Waals surface area (Å²) in [6, 6.07) is 0. The van der Waals surface area contributed by atoms with E-state index in [0.29, 0.717) is 19.8 Å². The minimum atomic E-state index is -1.07. The first-order valence-electron chi connectivity index (χ1n) is 5.07. The Labute approximate surface area is 90.9 Å². The predicted octanol–water partition coefficient (Wildman–Crippen LogP) is 0.320. The van der Waals surface area contributed by atoms with E-state index in [4.69, 9.17) is 19.9 Å². The second-order valence-corrected chi connectivity index (χ2v) is 3.54. The lowest BCUT2D eigenvalue weighted by Crippen LogP contribution is -2.50. The Hall–Kier alpha value is -0.650. The number of hydrogen-bond acceptors (Lipinski definition) is 5. The second kappa shape index (κ2) is 7.62. The molecule has 2 N–H and O–H groups in total. The highest BCUT2D eigenvalue weighted by molar-refractivity contribution is 5.80. The quantitative estimate of drug-likeness (QED) is 0.470. The summed E-state index contributed by atoms with van der Waals surface area (Å²) in [4.78, 5) is 11.3. The molecule has 0 saturated heterocycles. The van der Waals surface area contributed by atoms with E-state index >= 15 is 0 Å². The molecule has 0 aromatic carbocycles. The minimum Gasteiger partial charge on any atom is -0.465 e. The van der Waals surface area contributed by atoms with Gasteiger partial charge in [-0.25, -0.2) is 4.79 Å². The Balaban J connectivity index is 3.68. The van der Waals surface area contributed by atoms with Gasteiger partial charge in [-0.05, 0) is 20.3 Å². The first-order valence-corrected chi connectivity index (χ1v) is 5.07. The summed E-state index contributed by atoms with van der Waals surface area (Å²) in [5.41, 5.74) is 4.66. The van der Waals surface area contributed by atoms with Crippen LogP contribution < -0.4 is 5.73 Å². The van der Waals surface area contributed by atoms with Crippen molar-refractivity contribution in [1.82, 2.24) is 0 Å². The summed E-state index contributed by atoms with van der Waals surface area (Å²) >= 11 is 0. The highest BCUT2D eigenvalue weighted by atomic mass is 16.5. The van der Waals surface area contributed by atoms with E-state index in [1.807, 2.05) is 0 Å². The maximum absolute atomic E-state index is 11.3. The van der Waals surface area contributed by atoms with Gasteiger partial charge < -0.3 is 19.9 Å². The smallest absolute Gasteiger partial charge is 0.328 e. The van der Waals surface area contributed by atoms with Crippen molar-refractivity contribution in [2.24, 2.45) is 5.73 Å². The number of nitrogens with two attached hydrogens (primary N) is 1. The van der Waals surface area contributed by atoms with Crippen molar-refractivity contribution >= 4 is 5.97 Å². The van der Waals surface area contributed by atoms with Gasteiger partial charge in [-0.2, -0.15) is 0 Å². The molecule has 1 unspecified atom stereocenters. The van der Waals surface area contributed by atoms with Crippen molar-refractivity contribution in [2.75, 3.05) is 33.5 Å². The topological polar surface area (TPSA) is 70.8 Å². The van der Waals surface area contributed by atoms with Gasteiger partial charge in [0.05, 0.1) is 13.2 Å². The highest BCUT2D eigenvalue weighted by Crippen LogP contribution is 2.03. The molecule has 0 rings (SSSR count). The molecule has 0 aliphatic carbocycles. The molecule has 15 heavy (non-hydrogen) atoms. The van der Waals surface area contributed by atoms with Crippen LogP contribution in [0.5, 0.6) is 0 Å². The van der Waals surface area contributed by atoms with E-state index in [9.17, 15) is 4.79 Å². The van der Waals surface area contributed by atoms with Gasteiger partial charge in [-0.1, -0.05) is 0 Å². The molecule has 0 aliphatic rings. The van der Waals surface area contributed by atoms with E-state index in [0.717, 1.165) is 6.42 Å². The predicted molar refractivity (Wildman–Crippen MR) is 56.5 cm³/mol. The third-order valence-corrected chi connectivity index (χ3v) is 1.78. The summed E-state index contributed by atoms with van der Waals surface area (Å²) in [6.45, 7) is 5.00.